The zero-order chi connectivity index (χ0) is 16.1. The smallest absolute Gasteiger partial charge is 0.261 e. The highest BCUT2D eigenvalue weighted by molar-refractivity contribution is 7.98. The molecule has 4 heteroatoms. The molecule has 0 aliphatic carbocycles. The number of amides is 2. The third-order valence-electron chi connectivity index (χ3n) is 3.91. The van der Waals surface area contributed by atoms with Crippen molar-refractivity contribution in [1.29, 1.82) is 0 Å². The summed E-state index contributed by atoms with van der Waals surface area (Å²) in [5, 5.41) is 0. The maximum atomic E-state index is 12.2. The Morgan fingerprint density at radius 1 is 0.783 bits per heavy atom. The quantitative estimate of drug-likeness (QED) is 0.570. The van der Waals surface area contributed by atoms with Crippen molar-refractivity contribution in [3.63, 3.8) is 0 Å². The summed E-state index contributed by atoms with van der Waals surface area (Å²) in [7, 11) is 0. The normalized spacial score (nSPS) is 13.5. The minimum Gasteiger partial charge on any atom is -0.274 e. The van der Waals surface area contributed by atoms with E-state index in [1.807, 2.05) is 17.8 Å². The first-order chi connectivity index (χ1) is 11.3. The largest absolute Gasteiger partial charge is 0.274 e. The zero-order valence-electron chi connectivity index (χ0n) is 12.9. The Balaban J connectivity index is 1.40. The number of unbranched alkanes of at least 4 members (excludes halogenated alkanes) is 1. The summed E-state index contributed by atoms with van der Waals surface area (Å²) in [5.74, 6) is 1.75. The van der Waals surface area contributed by atoms with Crippen LogP contribution in [0.25, 0.3) is 0 Å². The molecule has 3 nitrogen and oxygen atoms in total. The minimum absolute atomic E-state index is 0.150. The standard InChI is InChI=1S/C19H19NO2S/c21-18-16-10-4-5-11-17(16)19(22)20(18)12-6-7-13-23-14-15-8-2-1-3-9-15/h1-5,8-11H,6-7,12-14H2. The van der Waals surface area contributed by atoms with Gasteiger partial charge in [0.05, 0.1) is 11.1 Å². The second-order valence-electron chi connectivity index (χ2n) is 5.55. The average molecular weight is 325 g/mol. The maximum Gasteiger partial charge on any atom is 0.261 e. The number of hydrogen-bond acceptors (Lipinski definition) is 3. The second kappa shape index (κ2) is 7.47. The Morgan fingerprint density at radius 2 is 1.39 bits per heavy atom. The molecule has 0 bridgehead atoms. The van der Waals surface area contributed by atoms with Crippen molar-refractivity contribution < 1.29 is 9.59 Å². The molecule has 2 amide bonds. The fourth-order valence-electron chi connectivity index (χ4n) is 2.68. The summed E-state index contributed by atoms with van der Waals surface area (Å²) in [5.41, 5.74) is 2.41. The highest BCUT2D eigenvalue weighted by Gasteiger charge is 2.34. The van der Waals surface area contributed by atoms with Gasteiger partial charge in [-0.25, -0.2) is 0 Å². The lowest BCUT2D eigenvalue weighted by molar-refractivity contribution is 0.0652. The van der Waals surface area contributed by atoms with E-state index in [2.05, 4.69) is 24.3 Å². The predicted molar refractivity (Wildman–Crippen MR) is 93.6 cm³/mol. The van der Waals surface area contributed by atoms with Gasteiger partial charge in [0.1, 0.15) is 0 Å². The lowest BCUT2D eigenvalue weighted by Gasteiger charge is -2.13. The number of rotatable bonds is 7. The van der Waals surface area contributed by atoms with E-state index in [1.54, 1.807) is 24.3 Å². The summed E-state index contributed by atoms with van der Waals surface area (Å²) < 4.78 is 0. The van der Waals surface area contributed by atoms with Gasteiger partial charge in [0.25, 0.3) is 11.8 Å². The van der Waals surface area contributed by atoms with E-state index in [0.717, 1.165) is 24.3 Å². The molecule has 0 fully saturated rings. The number of imide groups is 1. The molecule has 23 heavy (non-hydrogen) atoms. The number of fused-ring (bicyclic) bond motifs is 1. The van der Waals surface area contributed by atoms with E-state index in [-0.39, 0.29) is 11.8 Å². The third kappa shape index (κ3) is 3.64. The number of nitrogens with zero attached hydrogens (tertiary/aromatic N) is 1. The molecular formula is C19H19NO2S. The number of carbonyl (C=O) groups excluding carboxylic acids is 2. The highest BCUT2D eigenvalue weighted by Crippen LogP contribution is 2.23. The number of benzene rings is 2. The van der Waals surface area contributed by atoms with Crippen LogP contribution in [0.2, 0.25) is 0 Å². The van der Waals surface area contributed by atoms with Crippen LogP contribution in [0, 0.1) is 0 Å². The van der Waals surface area contributed by atoms with Gasteiger partial charge in [-0.15, -0.1) is 0 Å². The molecule has 0 N–H and O–H groups in total. The third-order valence-corrected chi connectivity index (χ3v) is 5.02. The molecule has 0 spiro atoms. The van der Waals surface area contributed by atoms with Crippen LogP contribution in [0.3, 0.4) is 0 Å². The zero-order valence-corrected chi connectivity index (χ0v) is 13.7. The van der Waals surface area contributed by atoms with Gasteiger partial charge in [-0.2, -0.15) is 11.8 Å². The van der Waals surface area contributed by atoms with Crippen LogP contribution in [0.4, 0.5) is 0 Å². The Labute approximate surface area is 140 Å². The lowest BCUT2D eigenvalue weighted by atomic mass is 10.1. The SMILES string of the molecule is O=C1c2ccccc2C(=O)N1CCCCSCc1ccccc1. The van der Waals surface area contributed by atoms with Crippen molar-refractivity contribution in [3.05, 3.63) is 71.3 Å². The van der Waals surface area contributed by atoms with Crippen LogP contribution in [0.5, 0.6) is 0 Å². The first-order valence-corrected chi connectivity index (χ1v) is 9.00. The summed E-state index contributed by atoms with van der Waals surface area (Å²) >= 11 is 1.89. The molecule has 118 valence electrons. The van der Waals surface area contributed by atoms with Gasteiger partial charge in [0, 0.05) is 12.3 Å². The Hall–Kier alpha value is -2.07. The van der Waals surface area contributed by atoms with Crippen molar-refractivity contribution >= 4 is 23.6 Å². The van der Waals surface area contributed by atoms with Crippen LogP contribution in [0.1, 0.15) is 39.1 Å². The Morgan fingerprint density at radius 3 is 2.04 bits per heavy atom. The number of thioether (sulfide) groups is 1. The average Bonchev–Trinajstić information content (AvgIpc) is 2.84. The molecule has 2 aromatic rings. The van der Waals surface area contributed by atoms with Crippen LogP contribution in [0.15, 0.2) is 54.6 Å². The van der Waals surface area contributed by atoms with Crippen molar-refractivity contribution in [1.82, 2.24) is 4.90 Å². The maximum absolute atomic E-state index is 12.2. The van der Waals surface area contributed by atoms with Crippen LogP contribution < -0.4 is 0 Å². The van der Waals surface area contributed by atoms with E-state index in [4.69, 9.17) is 0 Å². The highest BCUT2D eigenvalue weighted by atomic mass is 32.2. The van der Waals surface area contributed by atoms with E-state index in [1.165, 1.54) is 10.5 Å². The molecule has 2 aromatic carbocycles. The summed E-state index contributed by atoms with van der Waals surface area (Å²) in [6.45, 7) is 0.512. The molecule has 0 saturated heterocycles. The van der Waals surface area contributed by atoms with Gasteiger partial charge in [-0.1, -0.05) is 42.5 Å². The summed E-state index contributed by atoms with van der Waals surface area (Å²) in [4.78, 5) is 25.8. The molecular weight excluding hydrogens is 306 g/mol. The molecule has 0 aromatic heterocycles. The monoisotopic (exact) mass is 325 g/mol. The van der Waals surface area contributed by atoms with Gasteiger partial charge in [0.2, 0.25) is 0 Å². The second-order valence-corrected chi connectivity index (χ2v) is 6.66. The van der Waals surface area contributed by atoms with Crippen LogP contribution in [-0.2, 0) is 5.75 Å². The molecule has 0 saturated carbocycles. The molecule has 1 aliphatic heterocycles. The Kier molecular flexibility index (Phi) is 5.13. The van der Waals surface area contributed by atoms with E-state index < -0.39 is 0 Å². The van der Waals surface area contributed by atoms with Gasteiger partial charge in [0.15, 0.2) is 0 Å². The molecule has 3 rings (SSSR count). The molecule has 0 radical (unpaired) electrons. The predicted octanol–water partition coefficient (Wildman–Crippen LogP) is 4.00. The molecule has 1 aliphatic rings. The van der Waals surface area contributed by atoms with Gasteiger partial charge in [-0.05, 0) is 36.3 Å². The fraction of sp³-hybridized carbons (Fsp3) is 0.263. The van der Waals surface area contributed by atoms with Crippen LogP contribution >= 0.6 is 11.8 Å². The van der Waals surface area contributed by atoms with E-state index in [0.29, 0.717) is 17.7 Å². The first kappa shape index (κ1) is 15.8. The van der Waals surface area contributed by atoms with Gasteiger partial charge < -0.3 is 0 Å². The first-order valence-electron chi connectivity index (χ1n) is 7.84. The fourth-order valence-corrected chi connectivity index (χ4v) is 3.66. The number of hydrogen-bond donors (Lipinski definition) is 0. The van der Waals surface area contributed by atoms with E-state index >= 15 is 0 Å². The van der Waals surface area contributed by atoms with Crippen molar-refractivity contribution in [3.8, 4) is 0 Å². The number of carbonyl (C=O) groups is 2. The van der Waals surface area contributed by atoms with Crippen molar-refractivity contribution in [2.75, 3.05) is 12.3 Å². The van der Waals surface area contributed by atoms with Crippen LogP contribution in [-0.4, -0.2) is 29.0 Å². The Bertz CT molecular complexity index is 665. The lowest BCUT2D eigenvalue weighted by Crippen LogP contribution is -2.30. The summed E-state index contributed by atoms with van der Waals surface area (Å²) in [6, 6.07) is 17.4. The van der Waals surface area contributed by atoms with E-state index in [9.17, 15) is 9.59 Å². The molecule has 0 unspecified atom stereocenters. The molecule has 0 atom stereocenters. The minimum atomic E-state index is -0.150. The molecule has 1 heterocycles. The van der Waals surface area contributed by atoms with Crippen molar-refractivity contribution in [2.24, 2.45) is 0 Å². The van der Waals surface area contributed by atoms with Crippen molar-refractivity contribution in [2.45, 2.75) is 18.6 Å². The van der Waals surface area contributed by atoms with Gasteiger partial charge in [-0.3, -0.25) is 14.5 Å². The topological polar surface area (TPSA) is 37.4 Å². The summed E-state index contributed by atoms with van der Waals surface area (Å²) in [6.07, 6.45) is 1.86. The van der Waals surface area contributed by atoms with Gasteiger partial charge >= 0.3 is 0 Å².